The highest BCUT2D eigenvalue weighted by Crippen LogP contribution is 2.11. The van der Waals surface area contributed by atoms with Gasteiger partial charge in [-0.2, -0.15) is 0 Å². The largest absolute Gasteiger partial charge is 0.481 e. The Morgan fingerprint density at radius 3 is 2.56 bits per heavy atom. The highest BCUT2D eigenvalue weighted by atomic mass is 16.4. The number of carboxylic acid groups (broad SMARTS) is 1. The zero-order valence-electron chi connectivity index (χ0n) is 9.70. The highest BCUT2D eigenvalue weighted by molar-refractivity contribution is 5.66. The van der Waals surface area contributed by atoms with Crippen LogP contribution in [0.25, 0.3) is 0 Å². The fraction of sp³-hybridized carbons (Fsp3) is 0.462. The molecule has 0 atom stereocenters. The van der Waals surface area contributed by atoms with Crippen LogP contribution >= 0.6 is 0 Å². The van der Waals surface area contributed by atoms with Gasteiger partial charge < -0.3 is 10.4 Å². The number of benzene rings is 1. The van der Waals surface area contributed by atoms with Gasteiger partial charge in [-0.25, -0.2) is 0 Å². The van der Waals surface area contributed by atoms with Gasteiger partial charge in [-0.1, -0.05) is 25.5 Å². The molecular formula is C13H19NO2. The molecule has 1 rings (SSSR count). The van der Waals surface area contributed by atoms with Crippen molar-refractivity contribution in [2.75, 3.05) is 11.9 Å². The maximum atomic E-state index is 10.3. The molecule has 16 heavy (non-hydrogen) atoms. The molecule has 0 saturated heterocycles. The first-order valence-corrected chi connectivity index (χ1v) is 5.77. The summed E-state index contributed by atoms with van der Waals surface area (Å²) in [5.41, 5.74) is 2.41. The van der Waals surface area contributed by atoms with Crippen molar-refractivity contribution in [3.63, 3.8) is 0 Å². The fourth-order valence-corrected chi connectivity index (χ4v) is 1.55. The molecular weight excluding hydrogens is 202 g/mol. The molecule has 0 aliphatic carbocycles. The van der Waals surface area contributed by atoms with Gasteiger partial charge in [-0.05, 0) is 30.5 Å². The summed E-state index contributed by atoms with van der Waals surface area (Å²) < 4.78 is 0. The molecule has 0 unspecified atom stereocenters. The SMILES string of the molecule is CCCc1ccc(NCCCC(=O)O)cc1. The van der Waals surface area contributed by atoms with E-state index in [0.717, 1.165) is 18.5 Å². The lowest BCUT2D eigenvalue weighted by Gasteiger charge is -2.06. The van der Waals surface area contributed by atoms with Gasteiger partial charge in [-0.15, -0.1) is 0 Å². The van der Waals surface area contributed by atoms with Crippen LogP contribution in [0.5, 0.6) is 0 Å². The van der Waals surface area contributed by atoms with E-state index in [1.165, 1.54) is 5.56 Å². The average Bonchev–Trinajstić information content (AvgIpc) is 2.27. The molecule has 1 aromatic carbocycles. The first-order valence-electron chi connectivity index (χ1n) is 5.77. The second-order valence-corrected chi connectivity index (χ2v) is 3.87. The van der Waals surface area contributed by atoms with Crippen molar-refractivity contribution in [2.24, 2.45) is 0 Å². The minimum Gasteiger partial charge on any atom is -0.481 e. The van der Waals surface area contributed by atoms with Crippen molar-refractivity contribution in [3.05, 3.63) is 29.8 Å². The minimum absolute atomic E-state index is 0.223. The second-order valence-electron chi connectivity index (χ2n) is 3.87. The third-order valence-electron chi connectivity index (χ3n) is 2.39. The molecule has 0 aliphatic heterocycles. The molecule has 0 aromatic heterocycles. The monoisotopic (exact) mass is 221 g/mol. The first-order chi connectivity index (χ1) is 7.72. The summed E-state index contributed by atoms with van der Waals surface area (Å²) in [5.74, 6) is -0.736. The fourth-order valence-electron chi connectivity index (χ4n) is 1.55. The maximum absolute atomic E-state index is 10.3. The Hall–Kier alpha value is -1.51. The molecule has 0 fully saturated rings. The molecule has 0 aliphatic rings. The van der Waals surface area contributed by atoms with E-state index in [4.69, 9.17) is 5.11 Å². The summed E-state index contributed by atoms with van der Waals surface area (Å²) in [7, 11) is 0. The van der Waals surface area contributed by atoms with Crippen LogP contribution < -0.4 is 5.32 Å². The highest BCUT2D eigenvalue weighted by Gasteiger charge is 1.97. The van der Waals surface area contributed by atoms with Crippen molar-refractivity contribution in [3.8, 4) is 0 Å². The number of carbonyl (C=O) groups is 1. The van der Waals surface area contributed by atoms with Crippen molar-refractivity contribution >= 4 is 11.7 Å². The molecule has 0 heterocycles. The average molecular weight is 221 g/mol. The Kier molecular flexibility index (Phi) is 5.40. The zero-order chi connectivity index (χ0) is 11.8. The molecule has 3 nitrogen and oxygen atoms in total. The number of aliphatic carboxylic acids is 1. The predicted molar refractivity (Wildman–Crippen MR) is 65.8 cm³/mol. The van der Waals surface area contributed by atoms with Crippen molar-refractivity contribution < 1.29 is 9.90 Å². The number of carboxylic acids is 1. The van der Waals surface area contributed by atoms with Crippen molar-refractivity contribution in [1.29, 1.82) is 0 Å². The van der Waals surface area contributed by atoms with Crippen LogP contribution in [0.4, 0.5) is 5.69 Å². The van der Waals surface area contributed by atoms with Gasteiger partial charge in [0.1, 0.15) is 0 Å². The van der Waals surface area contributed by atoms with E-state index in [-0.39, 0.29) is 6.42 Å². The van der Waals surface area contributed by atoms with E-state index < -0.39 is 5.97 Å². The molecule has 3 heteroatoms. The Morgan fingerprint density at radius 1 is 1.31 bits per heavy atom. The molecule has 0 saturated carbocycles. The lowest BCUT2D eigenvalue weighted by Crippen LogP contribution is -2.04. The molecule has 2 N–H and O–H groups in total. The Balaban J connectivity index is 2.29. The summed E-state index contributed by atoms with van der Waals surface area (Å²) in [5, 5.41) is 11.7. The van der Waals surface area contributed by atoms with E-state index in [0.29, 0.717) is 13.0 Å². The van der Waals surface area contributed by atoms with Crippen LogP contribution in [0.1, 0.15) is 31.7 Å². The van der Waals surface area contributed by atoms with Crippen LogP contribution in [0.2, 0.25) is 0 Å². The molecule has 0 radical (unpaired) electrons. The smallest absolute Gasteiger partial charge is 0.303 e. The lowest BCUT2D eigenvalue weighted by molar-refractivity contribution is -0.137. The van der Waals surface area contributed by atoms with Crippen molar-refractivity contribution in [2.45, 2.75) is 32.6 Å². The van der Waals surface area contributed by atoms with Crippen molar-refractivity contribution in [1.82, 2.24) is 0 Å². The number of hydrogen-bond donors (Lipinski definition) is 2. The molecule has 0 amide bonds. The number of hydrogen-bond acceptors (Lipinski definition) is 2. The molecule has 0 spiro atoms. The van der Waals surface area contributed by atoms with Crippen LogP contribution in [0, 0.1) is 0 Å². The molecule has 0 bridgehead atoms. The summed E-state index contributed by atoms with van der Waals surface area (Å²) in [6.07, 6.45) is 3.15. The standard InChI is InChI=1S/C13H19NO2/c1-2-4-11-6-8-12(9-7-11)14-10-3-5-13(15)16/h6-9,14H,2-5,10H2,1H3,(H,15,16). The van der Waals surface area contributed by atoms with Gasteiger partial charge in [-0.3, -0.25) is 4.79 Å². The number of nitrogens with one attached hydrogen (secondary N) is 1. The normalized spacial score (nSPS) is 10.1. The van der Waals surface area contributed by atoms with Crippen LogP contribution in [0.15, 0.2) is 24.3 Å². The second kappa shape index (κ2) is 6.88. The van der Waals surface area contributed by atoms with E-state index >= 15 is 0 Å². The zero-order valence-corrected chi connectivity index (χ0v) is 9.70. The number of rotatable bonds is 7. The summed E-state index contributed by atoms with van der Waals surface area (Å²) in [4.78, 5) is 10.3. The lowest BCUT2D eigenvalue weighted by atomic mass is 10.1. The topological polar surface area (TPSA) is 49.3 Å². The van der Waals surface area contributed by atoms with Crippen LogP contribution in [0.3, 0.4) is 0 Å². The van der Waals surface area contributed by atoms with E-state index in [9.17, 15) is 4.79 Å². The van der Waals surface area contributed by atoms with Crippen LogP contribution in [-0.2, 0) is 11.2 Å². The maximum Gasteiger partial charge on any atom is 0.303 e. The quantitative estimate of drug-likeness (QED) is 0.696. The minimum atomic E-state index is -0.736. The predicted octanol–water partition coefficient (Wildman–Crippen LogP) is 2.92. The number of anilines is 1. The number of aryl methyl sites for hydroxylation is 1. The molecule has 88 valence electrons. The van der Waals surface area contributed by atoms with Gasteiger partial charge >= 0.3 is 5.97 Å². The van der Waals surface area contributed by atoms with E-state index in [2.05, 4.69) is 24.4 Å². The third-order valence-corrected chi connectivity index (χ3v) is 2.39. The van der Waals surface area contributed by atoms with E-state index in [1.807, 2.05) is 12.1 Å². The summed E-state index contributed by atoms with van der Waals surface area (Å²) in [6.45, 7) is 2.87. The Labute approximate surface area is 96.5 Å². The Bertz CT molecular complexity index is 319. The van der Waals surface area contributed by atoms with Gasteiger partial charge in [0.05, 0.1) is 0 Å². The Morgan fingerprint density at radius 2 is 2.00 bits per heavy atom. The summed E-state index contributed by atoms with van der Waals surface area (Å²) >= 11 is 0. The van der Waals surface area contributed by atoms with E-state index in [1.54, 1.807) is 0 Å². The van der Waals surface area contributed by atoms with Gasteiger partial charge in [0.25, 0.3) is 0 Å². The third kappa shape index (κ3) is 4.82. The van der Waals surface area contributed by atoms with Gasteiger partial charge in [0.2, 0.25) is 0 Å². The van der Waals surface area contributed by atoms with Crippen LogP contribution in [-0.4, -0.2) is 17.6 Å². The molecule has 1 aromatic rings. The first kappa shape index (κ1) is 12.6. The van der Waals surface area contributed by atoms with Gasteiger partial charge in [0.15, 0.2) is 0 Å². The summed E-state index contributed by atoms with van der Waals surface area (Å²) in [6, 6.07) is 8.32. The van der Waals surface area contributed by atoms with Gasteiger partial charge in [0, 0.05) is 18.7 Å².